The van der Waals surface area contributed by atoms with Gasteiger partial charge in [0.25, 0.3) is 10.0 Å². The fourth-order valence-electron chi connectivity index (χ4n) is 4.02. The van der Waals surface area contributed by atoms with Crippen LogP contribution >= 0.6 is 0 Å². The Morgan fingerprint density at radius 2 is 1.87 bits per heavy atom. The molecule has 1 atom stereocenters. The van der Waals surface area contributed by atoms with Gasteiger partial charge in [-0.1, -0.05) is 30.3 Å². The third kappa shape index (κ3) is 7.20. The van der Waals surface area contributed by atoms with Gasteiger partial charge in [-0.15, -0.1) is 0 Å². The Bertz CT molecular complexity index is 1540. The van der Waals surface area contributed by atoms with E-state index in [4.69, 9.17) is 4.74 Å². The molecule has 4 rings (SSSR count). The Hall–Kier alpha value is -3.80. The van der Waals surface area contributed by atoms with Crippen molar-refractivity contribution in [1.29, 1.82) is 0 Å². The SMILES string of the molecule is CCOC(=O)c1ccc2ncn(CCC(C)(C)NC[C@@H](O)c3cccc(NS(=O)(=O)c4ccccc4)c3)c2n1. The van der Waals surface area contributed by atoms with Crippen molar-refractivity contribution in [3.05, 3.63) is 84.3 Å². The van der Waals surface area contributed by atoms with E-state index >= 15 is 0 Å². The lowest BCUT2D eigenvalue weighted by Gasteiger charge is -2.28. The number of ether oxygens (including phenoxy) is 1. The van der Waals surface area contributed by atoms with Gasteiger partial charge in [-0.2, -0.15) is 0 Å². The summed E-state index contributed by atoms with van der Waals surface area (Å²) in [5.41, 5.74) is 2.13. The van der Waals surface area contributed by atoms with Gasteiger partial charge >= 0.3 is 5.97 Å². The third-order valence-electron chi connectivity index (χ3n) is 6.28. The van der Waals surface area contributed by atoms with Crippen molar-refractivity contribution in [3.8, 4) is 0 Å². The summed E-state index contributed by atoms with van der Waals surface area (Å²) >= 11 is 0. The molecule has 0 bridgehead atoms. The number of hydrogen-bond acceptors (Lipinski definition) is 8. The van der Waals surface area contributed by atoms with Crippen LogP contribution < -0.4 is 10.0 Å². The molecular formula is C28H33N5O5S. The van der Waals surface area contributed by atoms with Crippen molar-refractivity contribution in [2.75, 3.05) is 17.9 Å². The maximum absolute atomic E-state index is 12.7. The molecule has 2 aromatic carbocycles. The summed E-state index contributed by atoms with van der Waals surface area (Å²) in [5, 5.41) is 14.2. The summed E-state index contributed by atoms with van der Waals surface area (Å²) in [5.74, 6) is -0.472. The summed E-state index contributed by atoms with van der Waals surface area (Å²) in [6.07, 6.45) is 1.53. The van der Waals surface area contributed by atoms with E-state index in [-0.39, 0.29) is 29.3 Å². The van der Waals surface area contributed by atoms with E-state index in [1.807, 2.05) is 18.4 Å². The van der Waals surface area contributed by atoms with E-state index < -0.39 is 22.1 Å². The molecule has 4 aromatic rings. The quantitative estimate of drug-likeness (QED) is 0.226. The van der Waals surface area contributed by atoms with Crippen LogP contribution in [0.3, 0.4) is 0 Å². The molecule has 3 N–H and O–H groups in total. The van der Waals surface area contributed by atoms with Crippen molar-refractivity contribution >= 4 is 32.8 Å². The number of rotatable bonds is 12. The predicted molar refractivity (Wildman–Crippen MR) is 149 cm³/mol. The fourth-order valence-corrected chi connectivity index (χ4v) is 5.09. The first-order chi connectivity index (χ1) is 18.6. The molecule has 0 unspecified atom stereocenters. The normalized spacial score (nSPS) is 12.8. The molecule has 10 nitrogen and oxygen atoms in total. The molecule has 0 saturated carbocycles. The number of β-amino-alcohol motifs (C(OH)–C–C–N with tert-alkyl or cyclic N) is 1. The van der Waals surface area contributed by atoms with Crippen LogP contribution in [0.1, 0.15) is 49.3 Å². The highest BCUT2D eigenvalue weighted by atomic mass is 32.2. The molecule has 11 heteroatoms. The number of sulfonamides is 1. The van der Waals surface area contributed by atoms with E-state index in [9.17, 15) is 18.3 Å². The van der Waals surface area contributed by atoms with Crippen molar-refractivity contribution < 1.29 is 23.1 Å². The standard InChI is InChI=1S/C28H33N5O5S/c1-4-38-27(35)24-14-13-23-26(31-24)33(19-29-23)16-15-28(2,3)30-18-25(34)20-9-8-10-21(17-20)32-39(36,37)22-11-6-5-7-12-22/h5-14,17,19,25,30,32,34H,4,15-16,18H2,1-3H3/t25-/m1/s1. The summed E-state index contributed by atoms with van der Waals surface area (Å²) in [7, 11) is -3.73. The lowest BCUT2D eigenvalue weighted by Crippen LogP contribution is -2.42. The number of carbonyl (C=O) groups is 1. The van der Waals surface area contributed by atoms with Gasteiger partial charge in [0, 0.05) is 24.3 Å². The van der Waals surface area contributed by atoms with Crippen LogP contribution in [0.25, 0.3) is 11.2 Å². The zero-order valence-electron chi connectivity index (χ0n) is 22.2. The number of aryl methyl sites for hydroxylation is 1. The smallest absolute Gasteiger partial charge is 0.357 e. The minimum absolute atomic E-state index is 0.164. The number of benzene rings is 2. The Labute approximate surface area is 228 Å². The monoisotopic (exact) mass is 551 g/mol. The van der Waals surface area contributed by atoms with Crippen LogP contribution in [0, 0.1) is 0 Å². The van der Waals surface area contributed by atoms with Gasteiger partial charge in [-0.25, -0.2) is 23.2 Å². The van der Waals surface area contributed by atoms with Crippen LogP contribution in [0.5, 0.6) is 0 Å². The molecule has 2 heterocycles. The van der Waals surface area contributed by atoms with Gasteiger partial charge in [0.1, 0.15) is 5.52 Å². The Balaban J connectivity index is 1.36. The second-order valence-electron chi connectivity index (χ2n) is 9.77. The van der Waals surface area contributed by atoms with Gasteiger partial charge in [0.05, 0.1) is 23.9 Å². The van der Waals surface area contributed by atoms with Crippen LogP contribution in [0.15, 0.2) is 78.0 Å². The van der Waals surface area contributed by atoms with E-state index in [0.29, 0.717) is 35.4 Å². The lowest BCUT2D eigenvalue weighted by molar-refractivity contribution is 0.0520. The summed E-state index contributed by atoms with van der Waals surface area (Å²) < 4.78 is 34.8. The zero-order chi connectivity index (χ0) is 28.0. The number of aliphatic hydroxyl groups excluding tert-OH is 1. The third-order valence-corrected chi connectivity index (χ3v) is 7.67. The molecule has 39 heavy (non-hydrogen) atoms. The van der Waals surface area contributed by atoms with Crippen molar-refractivity contribution in [1.82, 2.24) is 19.9 Å². The number of imidazole rings is 1. The predicted octanol–water partition coefficient (Wildman–Crippen LogP) is 3.90. The van der Waals surface area contributed by atoms with E-state index in [0.717, 1.165) is 0 Å². The highest BCUT2D eigenvalue weighted by molar-refractivity contribution is 7.92. The van der Waals surface area contributed by atoms with Gasteiger partial charge in [0.15, 0.2) is 11.3 Å². The zero-order valence-corrected chi connectivity index (χ0v) is 23.0. The number of carbonyl (C=O) groups excluding carboxylic acids is 1. The van der Waals surface area contributed by atoms with Crippen LogP contribution in [0.2, 0.25) is 0 Å². The minimum Gasteiger partial charge on any atom is -0.461 e. The molecule has 206 valence electrons. The largest absolute Gasteiger partial charge is 0.461 e. The lowest BCUT2D eigenvalue weighted by atomic mass is 9.99. The first-order valence-corrected chi connectivity index (χ1v) is 14.2. The van der Waals surface area contributed by atoms with Gasteiger partial charge in [0.2, 0.25) is 0 Å². The first-order valence-electron chi connectivity index (χ1n) is 12.7. The summed E-state index contributed by atoms with van der Waals surface area (Å²) in [4.78, 5) is 21.1. The van der Waals surface area contributed by atoms with Crippen molar-refractivity contribution in [2.24, 2.45) is 0 Å². The average molecular weight is 552 g/mol. The molecule has 0 amide bonds. The molecule has 0 spiro atoms. The van der Waals surface area contributed by atoms with Crippen LogP contribution in [-0.4, -0.2) is 52.7 Å². The molecule has 0 aliphatic carbocycles. The maximum atomic E-state index is 12.7. The number of fused-ring (bicyclic) bond motifs is 1. The van der Waals surface area contributed by atoms with Gasteiger partial charge in [-0.3, -0.25) is 4.72 Å². The Kier molecular flexibility index (Phi) is 8.63. The molecule has 2 aromatic heterocycles. The second kappa shape index (κ2) is 11.9. The molecule has 0 fully saturated rings. The molecule has 0 radical (unpaired) electrons. The molecule has 0 aliphatic rings. The van der Waals surface area contributed by atoms with Crippen molar-refractivity contribution in [3.63, 3.8) is 0 Å². The highest BCUT2D eigenvalue weighted by Gasteiger charge is 2.21. The Morgan fingerprint density at radius 1 is 1.10 bits per heavy atom. The summed E-state index contributed by atoms with van der Waals surface area (Å²) in [6, 6.07) is 18.2. The minimum atomic E-state index is -3.73. The van der Waals surface area contributed by atoms with Gasteiger partial charge < -0.3 is 19.7 Å². The average Bonchev–Trinajstić information content (AvgIpc) is 3.33. The molecular weight excluding hydrogens is 518 g/mol. The topological polar surface area (TPSA) is 135 Å². The number of hydrogen-bond donors (Lipinski definition) is 3. The Morgan fingerprint density at radius 3 is 2.62 bits per heavy atom. The van der Waals surface area contributed by atoms with Crippen molar-refractivity contribution in [2.45, 2.75) is 50.3 Å². The van der Waals surface area contributed by atoms with E-state index in [2.05, 4.69) is 20.0 Å². The summed E-state index contributed by atoms with van der Waals surface area (Å²) in [6.45, 7) is 6.93. The second-order valence-corrected chi connectivity index (χ2v) is 11.5. The molecule has 0 saturated heterocycles. The maximum Gasteiger partial charge on any atom is 0.357 e. The number of nitrogens with one attached hydrogen (secondary N) is 2. The number of anilines is 1. The highest BCUT2D eigenvalue weighted by Crippen LogP contribution is 2.22. The van der Waals surface area contributed by atoms with E-state index in [1.165, 1.54) is 12.1 Å². The first kappa shape index (κ1) is 28.2. The van der Waals surface area contributed by atoms with Gasteiger partial charge in [-0.05, 0) is 69.2 Å². The molecule has 0 aliphatic heterocycles. The number of nitrogens with zero attached hydrogens (tertiary/aromatic N) is 3. The number of aliphatic hydroxyl groups is 1. The number of pyridine rings is 1. The fraction of sp³-hybridized carbons (Fsp3) is 0.321. The van der Waals surface area contributed by atoms with E-state index in [1.54, 1.807) is 67.8 Å². The van der Waals surface area contributed by atoms with Crippen LogP contribution in [-0.2, 0) is 21.3 Å². The van der Waals surface area contributed by atoms with Crippen LogP contribution in [0.4, 0.5) is 5.69 Å². The number of esters is 1. The number of aromatic nitrogens is 3.